The van der Waals surface area contributed by atoms with Crippen LogP contribution in [0.2, 0.25) is 0 Å². The molecule has 1 aromatic heterocycles. The van der Waals surface area contributed by atoms with Gasteiger partial charge in [-0.1, -0.05) is 0 Å². The van der Waals surface area contributed by atoms with Crippen LogP contribution in [0.3, 0.4) is 0 Å². The molecule has 0 spiro atoms. The number of aromatic nitrogens is 1. The monoisotopic (exact) mass is 377 g/mol. The van der Waals surface area contributed by atoms with Crippen LogP contribution in [0.15, 0.2) is 18.2 Å². The molecular formula is C19H21F2N3O3. The van der Waals surface area contributed by atoms with Crippen molar-refractivity contribution in [1.29, 1.82) is 0 Å². The third kappa shape index (κ3) is 4.00. The maximum Gasteiger partial charge on any atom is 0.254 e. The minimum atomic E-state index is -0.669. The number of ether oxygens (including phenoxy) is 2. The van der Waals surface area contributed by atoms with E-state index in [0.717, 1.165) is 6.07 Å². The number of nitrogens with zero attached hydrogens (tertiary/aromatic N) is 2. The van der Waals surface area contributed by atoms with Gasteiger partial charge in [-0.05, 0) is 30.2 Å². The lowest BCUT2D eigenvalue weighted by atomic mass is 9.96. The van der Waals surface area contributed by atoms with Gasteiger partial charge >= 0.3 is 0 Å². The number of nitrogens with two attached hydrogens (primary N) is 1. The normalized spacial score (nSPS) is 14.3. The number of halogens is 2. The van der Waals surface area contributed by atoms with E-state index in [2.05, 4.69) is 4.98 Å². The number of anilines is 1. The molecule has 0 atom stereocenters. The van der Waals surface area contributed by atoms with Gasteiger partial charge in [-0.3, -0.25) is 4.79 Å². The first-order valence-electron chi connectivity index (χ1n) is 8.55. The van der Waals surface area contributed by atoms with Gasteiger partial charge in [0.1, 0.15) is 23.0 Å². The van der Waals surface area contributed by atoms with E-state index in [1.165, 1.54) is 19.2 Å². The van der Waals surface area contributed by atoms with E-state index in [9.17, 15) is 13.6 Å². The van der Waals surface area contributed by atoms with E-state index in [1.807, 2.05) is 4.90 Å². The van der Waals surface area contributed by atoms with Crippen LogP contribution in [0, 0.1) is 18.6 Å². The van der Waals surface area contributed by atoms with Crippen LogP contribution in [0.25, 0.3) is 0 Å². The summed E-state index contributed by atoms with van der Waals surface area (Å²) in [6.07, 6.45) is 0.199. The third-order valence-electron chi connectivity index (χ3n) is 4.57. The highest BCUT2D eigenvalue weighted by Gasteiger charge is 2.25. The molecule has 2 aromatic rings. The fraction of sp³-hybridized carbons (Fsp3) is 0.368. The van der Waals surface area contributed by atoms with Gasteiger partial charge in [0, 0.05) is 31.1 Å². The summed E-state index contributed by atoms with van der Waals surface area (Å²) in [4.78, 5) is 18.5. The van der Waals surface area contributed by atoms with Gasteiger partial charge in [0.25, 0.3) is 5.91 Å². The highest BCUT2D eigenvalue weighted by molar-refractivity contribution is 5.97. The van der Waals surface area contributed by atoms with Crippen molar-refractivity contribution in [1.82, 2.24) is 4.98 Å². The highest BCUT2D eigenvalue weighted by Crippen LogP contribution is 2.32. The maximum absolute atomic E-state index is 13.6. The summed E-state index contributed by atoms with van der Waals surface area (Å²) >= 11 is 0. The molecule has 1 amide bonds. The molecule has 6 nitrogen and oxygen atoms in total. The van der Waals surface area contributed by atoms with Crippen LogP contribution in [0.4, 0.5) is 14.6 Å². The Hall–Kier alpha value is -2.74. The van der Waals surface area contributed by atoms with E-state index < -0.39 is 17.5 Å². The molecule has 0 saturated carbocycles. The maximum atomic E-state index is 13.6. The number of rotatable bonds is 5. The van der Waals surface area contributed by atoms with E-state index in [1.54, 1.807) is 6.92 Å². The number of carbonyl (C=O) groups excluding carboxylic acids is 1. The molecule has 2 heterocycles. The molecule has 3 rings (SSSR count). The lowest BCUT2D eigenvalue weighted by Crippen LogP contribution is -2.38. The molecular weight excluding hydrogens is 356 g/mol. The van der Waals surface area contributed by atoms with Crippen molar-refractivity contribution in [2.24, 2.45) is 5.73 Å². The van der Waals surface area contributed by atoms with Crippen molar-refractivity contribution in [3.05, 3.63) is 52.1 Å². The summed E-state index contributed by atoms with van der Waals surface area (Å²) in [5.74, 6) is -1.26. The molecule has 1 aromatic carbocycles. The number of primary amides is 1. The van der Waals surface area contributed by atoms with Crippen molar-refractivity contribution < 1.29 is 23.0 Å². The number of hydrogen-bond acceptors (Lipinski definition) is 5. The van der Waals surface area contributed by atoms with Crippen molar-refractivity contribution in [3.8, 4) is 5.88 Å². The molecule has 0 unspecified atom stereocenters. The molecule has 0 radical (unpaired) electrons. The van der Waals surface area contributed by atoms with Crippen molar-refractivity contribution >= 4 is 11.7 Å². The lowest BCUT2D eigenvalue weighted by molar-refractivity contribution is 0.0995. The second-order valence-electron chi connectivity index (χ2n) is 6.34. The van der Waals surface area contributed by atoms with Crippen LogP contribution >= 0.6 is 0 Å². The van der Waals surface area contributed by atoms with Gasteiger partial charge in [0.15, 0.2) is 0 Å². The average Bonchev–Trinajstić information content (AvgIpc) is 2.62. The number of amides is 1. The van der Waals surface area contributed by atoms with Crippen molar-refractivity contribution in [2.75, 3.05) is 38.3 Å². The Morgan fingerprint density at radius 3 is 2.44 bits per heavy atom. The number of pyridine rings is 1. The third-order valence-corrected chi connectivity index (χ3v) is 4.57. The zero-order valence-corrected chi connectivity index (χ0v) is 15.2. The largest absolute Gasteiger partial charge is 0.480 e. The summed E-state index contributed by atoms with van der Waals surface area (Å²) in [6.45, 7) is 4.02. The molecule has 1 fully saturated rings. The molecule has 0 aliphatic carbocycles. The van der Waals surface area contributed by atoms with Gasteiger partial charge < -0.3 is 20.1 Å². The minimum absolute atomic E-state index is 0.135. The SMILES string of the molecule is COc1nc(N2CCOCC2)c(Cc2cc(F)cc(F)c2)c(C)c1C(N)=O. The van der Waals surface area contributed by atoms with Crippen molar-refractivity contribution in [3.63, 3.8) is 0 Å². The van der Waals surface area contributed by atoms with E-state index >= 15 is 0 Å². The number of methoxy groups -OCH3 is 1. The molecule has 2 N–H and O–H groups in total. The van der Waals surface area contributed by atoms with Crippen LogP contribution in [0.1, 0.15) is 27.0 Å². The molecule has 8 heteroatoms. The zero-order chi connectivity index (χ0) is 19.6. The lowest BCUT2D eigenvalue weighted by Gasteiger charge is -2.31. The quantitative estimate of drug-likeness (QED) is 0.864. The Morgan fingerprint density at radius 2 is 1.89 bits per heavy atom. The fourth-order valence-corrected chi connectivity index (χ4v) is 3.30. The van der Waals surface area contributed by atoms with E-state index in [-0.39, 0.29) is 17.9 Å². The molecule has 1 aliphatic heterocycles. The highest BCUT2D eigenvalue weighted by atomic mass is 19.1. The molecule has 1 saturated heterocycles. The minimum Gasteiger partial charge on any atom is -0.480 e. The predicted molar refractivity (Wildman–Crippen MR) is 96.2 cm³/mol. The first-order valence-corrected chi connectivity index (χ1v) is 8.55. The van der Waals surface area contributed by atoms with Crippen LogP contribution in [0.5, 0.6) is 5.88 Å². The molecule has 144 valence electrons. The number of benzene rings is 1. The summed E-state index contributed by atoms with van der Waals surface area (Å²) < 4.78 is 37.9. The summed E-state index contributed by atoms with van der Waals surface area (Å²) in [7, 11) is 1.42. The fourth-order valence-electron chi connectivity index (χ4n) is 3.30. The summed E-state index contributed by atoms with van der Waals surface area (Å²) in [5, 5.41) is 0. The van der Waals surface area contributed by atoms with Gasteiger partial charge in [-0.15, -0.1) is 0 Å². The molecule has 27 heavy (non-hydrogen) atoms. The van der Waals surface area contributed by atoms with Crippen molar-refractivity contribution in [2.45, 2.75) is 13.3 Å². The average molecular weight is 377 g/mol. The van der Waals surface area contributed by atoms with E-state index in [0.29, 0.717) is 48.8 Å². The zero-order valence-electron chi connectivity index (χ0n) is 15.2. The number of hydrogen-bond donors (Lipinski definition) is 1. The van der Waals surface area contributed by atoms with Gasteiger partial charge in [-0.2, -0.15) is 4.98 Å². The van der Waals surface area contributed by atoms with Crippen LogP contribution in [-0.2, 0) is 11.2 Å². The topological polar surface area (TPSA) is 77.7 Å². The summed E-state index contributed by atoms with van der Waals surface area (Å²) in [6, 6.07) is 3.35. The number of carbonyl (C=O) groups is 1. The second kappa shape index (κ2) is 7.87. The number of morpholine rings is 1. The Balaban J connectivity index is 2.15. The Kier molecular flexibility index (Phi) is 5.55. The van der Waals surface area contributed by atoms with Gasteiger partial charge in [-0.25, -0.2) is 8.78 Å². The Morgan fingerprint density at radius 1 is 1.26 bits per heavy atom. The summed E-state index contributed by atoms with van der Waals surface area (Å²) in [5.41, 5.74) is 7.38. The first kappa shape index (κ1) is 19.0. The molecule has 1 aliphatic rings. The molecule has 0 bridgehead atoms. The van der Waals surface area contributed by atoms with Crippen LogP contribution in [-0.4, -0.2) is 44.3 Å². The van der Waals surface area contributed by atoms with Crippen LogP contribution < -0.4 is 15.4 Å². The second-order valence-corrected chi connectivity index (χ2v) is 6.34. The van der Waals surface area contributed by atoms with Gasteiger partial charge in [0.05, 0.1) is 20.3 Å². The Bertz CT molecular complexity index is 848. The standard InChI is InChI=1S/C19H21F2N3O3/c1-11-15(9-12-7-13(20)10-14(21)8-12)18(24-3-5-27-6-4-24)23-19(26-2)16(11)17(22)25/h7-8,10H,3-6,9H2,1-2H3,(H2,22,25). The first-order chi connectivity index (χ1) is 12.9. The Labute approximate surface area is 155 Å². The van der Waals surface area contributed by atoms with Gasteiger partial charge in [0.2, 0.25) is 5.88 Å². The van der Waals surface area contributed by atoms with E-state index in [4.69, 9.17) is 15.2 Å². The predicted octanol–water partition coefficient (Wildman–Crippen LogP) is 2.20. The smallest absolute Gasteiger partial charge is 0.254 e.